The summed E-state index contributed by atoms with van der Waals surface area (Å²) in [5.74, 6) is -0.837. The molecule has 1 aromatic carbocycles. The second kappa shape index (κ2) is 6.62. The van der Waals surface area contributed by atoms with Gasteiger partial charge in [0.2, 0.25) is 0 Å². The molecule has 2 N–H and O–H groups in total. The Kier molecular flexibility index (Phi) is 5.03. The highest BCUT2D eigenvalue weighted by atomic mass is 35.5. The van der Waals surface area contributed by atoms with E-state index in [-0.39, 0.29) is 11.3 Å². The lowest BCUT2D eigenvalue weighted by atomic mass is 10.1. The molecule has 0 aliphatic carbocycles. The summed E-state index contributed by atoms with van der Waals surface area (Å²) < 4.78 is 0. The average molecular weight is 341 g/mol. The van der Waals surface area contributed by atoms with Crippen molar-refractivity contribution >= 4 is 40.9 Å². The van der Waals surface area contributed by atoms with Gasteiger partial charge in [-0.15, -0.1) is 11.8 Å². The Hall–Kier alpha value is -1.66. The Balaban J connectivity index is 2.24. The highest BCUT2D eigenvalue weighted by Gasteiger charge is 2.40. The zero-order valence-corrected chi connectivity index (χ0v) is 14.1. The lowest BCUT2D eigenvalue weighted by molar-refractivity contribution is -0.127. The Bertz CT molecular complexity index is 660. The minimum atomic E-state index is -0.608. The topological polar surface area (TPSA) is 69.6 Å². The number of hydrogen-bond acceptors (Lipinski definition) is 4. The Morgan fingerprint density at radius 2 is 2.18 bits per heavy atom. The number of aryl methyl sites for hydroxylation is 1. The first-order valence-corrected chi connectivity index (χ1v) is 8.44. The van der Waals surface area contributed by atoms with E-state index in [1.54, 1.807) is 32.0 Å². The lowest BCUT2D eigenvalue weighted by Gasteiger charge is -2.20. The molecule has 0 saturated carbocycles. The maximum atomic E-state index is 12.4. The monoisotopic (exact) mass is 340 g/mol. The number of halogens is 1. The summed E-state index contributed by atoms with van der Waals surface area (Å²) >= 11 is 7.33. The molecule has 22 heavy (non-hydrogen) atoms. The highest BCUT2D eigenvalue weighted by molar-refractivity contribution is 7.98. The third kappa shape index (κ3) is 3.08. The first-order valence-electron chi connectivity index (χ1n) is 6.67. The molecule has 7 heteroatoms. The second-order valence-corrected chi connectivity index (χ2v) is 6.31. The fraction of sp³-hybridized carbons (Fsp3) is 0.333. The van der Waals surface area contributed by atoms with Gasteiger partial charge in [-0.3, -0.25) is 9.59 Å². The Labute approximate surface area is 138 Å². The number of aliphatic hydroxyl groups is 1. The van der Waals surface area contributed by atoms with E-state index < -0.39 is 17.9 Å². The van der Waals surface area contributed by atoms with Crippen LogP contribution in [0.2, 0.25) is 5.02 Å². The van der Waals surface area contributed by atoms with Gasteiger partial charge in [0.15, 0.2) is 0 Å². The van der Waals surface area contributed by atoms with Crippen LogP contribution in [0.5, 0.6) is 0 Å². The van der Waals surface area contributed by atoms with Gasteiger partial charge in [-0.25, -0.2) is 0 Å². The van der Waals surface area contributed by atoms with Crippen molar-refractivity contribution < 1.29 is 14.7 Å². The second-order valence-electron chi connectivity index (χ2n) is 5.04. The van der Waals surface area contributed by atoms with E-state index in [2.05, 4.69) is 5.32 Å². The fourth-order valence-corrected chi connectivity index (χ4v) is 3.11. The summed E-state index contributed by atoms with van der Waals surface area (Å²) in [7, 11) is 0. The zero-order chi connectivity index (χ0) is 16.4. The molecule has 0 fully saturated rings. The van der Waals surface area contributed by atoms with Gasteiger partial charge in [-0.2, -0.15) is 0 Å². The Morgan fingerprint density at radius 3 is 2.77 bits per heavy atom. The number of benzene rings is 1. The van der Waals surface area contributed by atoms with Gasteiger partial charge in [-0.1, -0.05) is 11.6 Å². The largest absolute Gasteiger partial charge is 0.509 e. The van der Waals surface area contributed by atoms with Gasteiger partial charge in [0.05, 0.1) is 11.9 Å². The molecule has 1 unspecified atom stereocenters. The van der Waals surface area contributed by atoms with Gasteiger partial charge < -0.3 is 15.3 Å². The lowest BCUT2D eigenvalue weighted by Crippen LogP contribution is -2.34. The average Bonchev–Trinajstić information content (AvgIpc) is 2.66. The summed E-state index contributed by atoms with van der Waals surface area (Å²) in [6, 6.07) is 4.53. The normalized spacial score (nSPS) is 18.1. The molecule has 0 radical (unpaired) electrons. The summed E-state index contributed by atoms with van der Waals surface area (Å²) in [6.07, 6.45) is 1.85. The van der Waals surface area contributed by atoms with Crippen LogP contribution in [0.1, 0.15) is 12.5 Å². The van der Waals surface area contributed by atoms with Crippen molar-refractivity contribution in [1.82, 2.24) is 4.90 Å². The minimum absolute atomic E-state index is 0.192. The van der Waals surface area contributed by atoms with Crippen molar-refractivity contribution in [3.8, 4) is 0 Å². The molecule has 0 spiro atoms. The van der Waals surface area contributed by atoms with E-state index >= 15 is 0 Å². The van der Waals surface area contributed by atoms with Crippen LogP contribution in [-0.2, 0) is 9.59 Å². The standard InChI is InChI=1S/C15H17ClN2O3S/c1-8-6-10(16)4-5-11(8)17-14(20)12-13(19)9(2)18(7-22-3)15(12)21/h4-6,9,19H,7H2,1-3H3,(H,17,20). The molecule has 1 heterocycles. The van der Waals surface area contributed by atoms with Gasteiger partial charge in [0.1, 0.15) is 11.3 Å². The van der Waals surface area contributed by atoms with Crippen LogP contribution >= 0.6 is 23.4 Å². The molecule has 0 aromatic heterocycles. The predicted molar refractivity (Wildman–Crippen MR) is 89.2 cm³/mol. The van der Waals surface area contributed by atoms with Crippen molar-refractivity contribution in [2.75, 3.05) is 17.4 Å². The fourth-order valence-electron chi connectivity index (χ4n) is 2.26. The number of carbonyl (C=O) groups is 2. The van der Waals surface area contributed by atoms with Crippen molar-refractivity contribution in [1.29, 1.82) is 0 Å². The number of aliphatic hydroxyl groups excluding tert-OH is 1. The van der Waals surface area contributed by atoms with Crippen LogP contribution in [0.15, 0.2) is 29.5 Å². The molecule has 0 bridgehead atoms. The first-order chi connectivity index (χ1) is 10.4. The van der Waals surface area contributed by atoms with Gasteiger partial charge in [0, 0.05) is 10.7 Å². The number of carbonyl (C=O) groups excluding carboxylic acids is 2. The predicted octanol–water partition coefficient (Wildman–Crippen LogP) is 2.95. The van der Waals surface area contributed by atoms with Crippen molar-refractivity contribution in [2.45, 2.75) is 19.9 Å². The maximum absolute atomic E-state index is 12.4. The van der Waals surface area contributed by atoms with Gasteiger partial charge in [-0.05, 0) is 43.9 Å². The van der Waals surface area contributed by atoms with Crippen molar-refractivity contribution in [3.63, 3.8) is 0 Å². The molecule has 2 rings (SSSR count). The summed E-state index contributed by atoms with van der Waals surface area (Å²) in [5.41, 5.74) is 1.13. The maximum Gasteiger partial charge on any atom is 0.264 e. The summed E-state index contributed by atoms with van der Waals surface area (Å²) in [6.45, 7) is 3.49. The van der Waals surface area contributed by atoms with E-state index in [4.69, 9.17) is 11.6 Å². The number of anilines is 1. The molecular weight excluding hydrogens is 324 g/mol. The summed E-state index contributed by atoms with van der Waals surface area (Å²) in [5, 5.41) is 13.3. The van der Waals surface area contributed by atoms with E-state index in [9.17, 15) is 14.7 Å². The third-order valence-corrected chi connectivity index (χ3v) is 4.30. The van der Waals surface area contributed by atoms with Crippen molar-refractivity contribution in [2.24, 2.45) is 0 Å². The van der Waals surface area contributed by atoms with E-state index in [0.29, 0.717) is 16.6 Å². The van der Waals surface area contributed by atoms with E-state index in [1.165, 1.54) is 16.7 Å². The van der Waals surface area contributed by atoms with E-state index in [1.807, 2.05) is 6.26 Å². The molecule has 1 aromatic rings. The quantitative estimate of drug-likeness (QED) is 0.827. The van der Waals surface area contributed by atoms with Crippen LogP contribution in [0, 0.1) is 6.92 Å². The van der Waals surface area contributed by atoms with Crippen LogP contribution in [-0.4, -0.2) is 40.0 Å². The number of thioether (sulfide) groups is 1. The molecule has 118 valence electrons. The summed E-state index contributed by atoms with van der Waals surface area (Å²) in [4.78, 5) is 26.1. The van der Waals surface area contributed by atoms with E-state index in [0.717, 1.165) is 5.56 Å². The zero-order valence-electron chi connectivity index (χ0n) is 12.5. The number of nitrogens with one attached hydrogen (secondary N) is 1. The number of amides is 2. The van der Waals surface area contributed by atoms with Gasteiger partial charge in [0.25, 0.3) is 11.8 Å². The molecule has 1 aliphatic rings. The van der Waals surface area contributed by atoms with Crippen LogP contribution in [0.3, 0.4) is 0 Å². The molecule has 1 atom stereocenters. The number of nitrogens with zero attached hydrogens (tertiary/aromatic N) is 1. The molecular formula is C15H17ClN2O3S. The Morgan fingerprint density at radius 1 is 1.50 bits per heavy atom. The molecule has 5 nitrogen and oxygen atoms in total. The van der Waals surface area contributed by atoms with Crippen LogP contribution in [0.25, 0.3) is 0 Å². The van der Waals surface area contributed by atoms with Gasteiger partial charge >= 0.3 is 0 Å². The molecule has 1 aliphatic heterocycles. The first kappa shape index (κ1) is 16.7. The molecule has 0 saturated heterocycles. The SMILES string of the molecule is CSCN1C(=O)C(C(=O)Nc2ccc(Cl)cc2C)=C(O)C1C. The minimum Gasteiger partial charge on any atom is -0.509 e. The number of rotatable bonds is 4. The third-order valence-electron chi connectivity index (χ3n) is 3.53. The number of hydrogen-bond donors (Lipinski definition) is 2. The highest BCUT2D eigenvalue weighted by Crippen LogP contribution is 2.27. The van der Waals surface area contributed by atoms with Crippen LogP contribution < -0.4 is 5.32 Å². The van der Waals surface area contributed by atoms with Crippen LogP contribution in [0.4, 0.5) is 5.69 Å². The van der Waals surface area contributed by atoms with Crippen molar-refractivity contribution in [3.05, 3.63) is 40.1 Å². The smallest absolute Gasteiger partial charge is 0.264 e. The molecule has 2 amide bonds.